The third-order valence-electron chi connectivity index (χ3n) is 7.16. The number of likely N-dealkylation sites (tertiary alicyclic amines) is 1. The van der Waals surface area contributed by atoms with E-state index in [1.807, 2.05) is 54.0 Å². The van der Waals surface area contributed by atoms with Crippen molar-refractivity contribution in [2.24, 2.45) is 10.1 Å². The first kappa shape index (κ1) is 28.7. The summed E-state index contributed by atoms with van der Waals surface area (Å²) >= 11 is 4.83. The number of nitrogens with zero attached hydrogens (tertiary/aromatic N) is 6. The van der Waals surface area contributed by atoms with E-state index in [4.69, 9.17) is 15.5 Å². The van der Waals surface area contributed by atoms with E-state index in [-0.39, 0.29) is 18.6 Å². The number of piperidine rings is 1. The number of carbonyl (C=O) groups is 1. The van der Waals surface area contributed by atoms with E-state index in [2.05, 4.69) is 55.2 Å². The predicted molar refractivity (Wildman–Crippen MR) is 169 cm³/mol. The van der Waals surface area contributed by atoms with E-state index < -0.39 is 0 Å². The molecular formula is C30H32BrN7O2S. The van der Waals surface area contributed by atoms with Crippen molar-refractivity contribution in [2.75, 3.05) is 25.0 Å². The average Bonchev–Trinajstić information content (AvgIpc) is 3.39. The highest BCUT2D eigenvalue weighted by atomic mass is 79.9. The smallest absolute Gasteiger partial charge is 0.410 e. The molecule has 2 aromatic heterocycles. The lowest BCUT2D eigenvalue weighted by molar-refractivity contribution is 0.0868. The monoisotopic (exact) mass is 633 g/mol. The molecule has 1 aliphatic heterocycles. The van der Waals surface area contributed by atoms with E-state index in [1.54, 1.807) is 16.5 Å². The highest BCUT2D eigenvalue weighted by molar-refractivity contribution is 9.10. The van der Waals surface area contributed by atoms with Gasteiger partial charge in [0, 0.05) is 67.4 Å². The number of anilines is 1. The Kier molecular flexibility index (Phi) is 9.25. The molecule has 2 aromatic carbocycles. The highest BCUT2D eigenvalue weighted by Gasteiger charge is 2.27. The molecule has 4 aromatic rings. The van der Waals surface area contributed by atoms with Crippen LogP contribution in [0.1, 0.15) is 41.1 Å². The molecule has 1 amide bonds. The zero-order valence-corrected chi connectivity index (χ0v) is 25.2. The molecule has 1 fully saturated rings. The van der Waals surface area contributed by atoms with Crippen molar-refractivity contribution in [1.29, 1.82) is 0 Å². The van der Waals surface area contributed by atoms with Crippen LogP contribution in [0.3, 0.4) is 0 Å². The fraction of sp³-hybridized carbons (Fsp3) is 0.267. The number of aromatic nitrogens is 3. The zero-order chi connectivity index (χ0) is 28.8. The minimum atomic E-state index is -0.269. The van der Waals surface area contributed by atoms with Crippen LogP contribution < -0.4 is 10.6 Å². The summed E-state index contributed by atoms with van der Waals surface area (Å²) < 4.78 is 12.0. The van der Waals surface area contributed by atoms with Gasteiger partial charge in [-0.1, -0.05) is 54.6 Å². The van der Waals surface area contributed by atoms with Gasteiger partial charge in [-0.3, -0.25) is 0 Å². The van der Waals surface area contributed by atoms with Crippen LogP contribution in [-0.4, -0.2) is 52.4 Å². The first-order valence-electron chi connectivity index (χ1n) is 13.3. The Morgan fingerprint density at radius 1 is 1.20 bits per heavy atom. The molecule has 0 unspecified atom stereocenters. The number of hydrogen-bond acceptors (Lipinski definition) is 8. The summed E-state index contributed by atoms with van der Waals surface area (Å²) in [4.78, 5) is 21.6. The van der Waals surface area contributed by atoms with Gasteiger partial charge in [0.25, 0.3) is 0 Å². The number of hydrogen-bond donors (Lipinski definition) is 1. The van der Waals surface area contributed by atoms with Gasteiger partial charge in [-0.05, 0) is 52.2 Å². The standard InChI is InChI=1S/C30H32BrN7O2S/c1-33-41-20-26(32)23-10-8-21(9-11-23)18-36(2)28-16-27(35-29-25(31)17-34-38(28)29)24-12-14-37(15-13-24)30(39)40-19-22-6-4-3-5-7-22/h3-11,16-17,20,24H,1,12-15,18-19,32H2,2H3/b26-20-. The van der Waals surface area contributed by atoms with Crippen LogP contribution in [0.2, 0.25) is 0 Å². The van der Waals surface area contributed by atoms with Crippen LogP contribution in [0.5, 0.6) is 0 Å². The van der Waals surface area contributed by atoms with E-state index in [0.717, 1.165) is 51.2 Å². The Labute approximate surface area is 252 Å². The van der Waals surface area contributed by atoms with Crippen molar-refractivity contribution in [1.82, 2.24) is 19.5 Å². The molecule has 0 radical (unpaired) electrons. The van der Waals surface area contributed by atoms with E-state index in [9.17, 15) is 4.79 Å². The van der Waals surface area contributed by atoms with Gasteiger partial charge in [0.15, 0.2) is 5.65 Å². The van der Waals surface area contributed by atoms with Crippen LogP contribution in [0.25, 0.3) is 11.3 Å². The maximum atomic E-state index is 12.7. The molecule has 0 bridgehead atoms. The van der Waals surface area contributed by atoms with Crippen molar-refractivity contribution in [3.05, 3.63) is 99.1 Å². The lowest BCUT2D eigenvalue weighted by Crippen LogP contribution is -2.38. The molecule has 3 heterocycles. The SMILES string of the molecule is C=NS/C=C(\N)c1ccc(CN(C)c2cc(C3CCN(C(=O)OCc4ccccc4)CC3)nc3c(Br)cnn23)cc1. The van der Waals surface area contributed by atoms with Crippen LogP contribution >= 0.6 is 27.9 Å². The van der Waals surface area contributed by atoms with Crippen LogP contribution in [-0.2, 0) is 17.9 Å². The molecule has 0 atom stereocenters. The van der Waals surface area contributed by atoms with E-state index >= 15 is 0 Å². The second-order valence-electron chi connectivity index (χ2n) is 9.93. The van der Waals surface area contributed by atoms with E-state index in [1.165, 1.54) is 11.9 Å². The molecule has 0 spiro atoms. The van der Waals surface area contributed by atoms with Crippen molar-refractivity contribution < 1.29 is 9.53 Å². The molecule has 0 saturated carbocycles. The van der Waals surface area contributed by atoms with Gasteiger partial charge in [-0.25, -0.2) is 14.2 Å². The molecule has 1 aliphatic rings. The molecule has 9 nitrogen and oxygen atoms in total. The van der Waals surface area contributed by atoms with Gasteiger partial charge in [-0.2, -0.15) is 9.61 Å². The molecule has 212 valence electrons. The quantitative estimate of drug-likeness (QED) is 0.172. The number of benzene rings is 2. The number of halogens is 1. The first-order valence-corrected chi connectivity index (χ1v) is 14.9. The summed E-state index contributed by atoms with van der Waals surface area (Å²) in [6.45, 7) is 5.67. The number of rotatable bonds is 9. The molecular weight excluding hydrogens is 602 g/mol. The van der Waals surface area contributed by atoms with E-state index in [0.29, 0.717) is 25.3 Å². The third-order valence-corrected chi connectivity index (χ3v) is 8.23. The number of nitrogens with two attached hydrogens (primary N) is 1. The fourth-order valence-corrected chi connectivity index (χ4v) is 5.58. The lowest BCUT2D eigenvalue weighted by atomic mass is 9.93. The van der Waals surface area contributed by atoms with Crippen molar-refractivity contribution in [3.8, 4) is 0 Å². The minimum absolute atomic E-state index is 0.226. The van der Waals surface area contributed by atoms with Gasteiger partial charge in [0.1, 0.15) is 12.4 Å². The molecule has 1 saturated heterocycles. The molecule has 11 heteroatoms. The largest absolute Gasteiger partial charge is 0.445 e. The highest BCUT2D eigenvalue weighted by Crippen LogP contribution is 2.32. The average molecular weight is 635 g/mol. The van der Waals surface area contributed by atoms with Crippen LogP contribution in [0, 0.1) is 0 Å². The van der Waals surface area contributed by atoms with Crippen molar-refractivity contribution >= 4 is 57.9 Å². The summed E-state index contributed by atoms with van der Waals surface area (Å²) in [5, 5.41) is 6.34. The van der Waals surface area contributed by atoms with Crippen LogP contribution in [0.15, 0.2) is 81.1 Å². The number of fused-ring (bicyclic) bond motifs is 1. The zero-order valence-electron chi connectivity index (χ0n) is 22.8. The minimum Gasteiger partial charge on any atom is -0.445 e. The summed E-state index contributed by atoms with van der Waals surface area (Å²) in [5.41, 5.74) is 11.6. The molecule has 0 aliphatic carbocycles. The van der Waals surface area contributed by atoms with Gasteiger partial charge in [0.05, 0.1) is 10.7 Å². The Hall–Kier alpha value is -3.83. The Bertz CT molecular complexity index is 1530. The Balaban J connectivity index is 1.27. The maximum Gasteiger partial charge on any atom is 0.410 e. The van der Waals surface area contributed by atoms with Crippen molar-refractivity contribution in [2.45, 2.75) is 31.9 Å². The first-order chi connectivity index (χ1) is 19.9. The number of amides is 1. The van der Waals surface area contributed by atoms with Gasteiger partial charge in [0.2, 0.25) is 0 Å². The summed E-state index contributed by atoms with van der Waals surface area (Å²) in [6.07, 6.45) is 3.13. The number of carbonyl (C=O) groups excluding carboxylic acids is 1. The Morgan fingerprint density at radius 3 is 2.63 bits per heavy atom. The second kappa shape index (κ2) is 13.2. The molecule has 41 heavy (non-hydrogen) atoms. The number of ether oxygens (including phenoxy) is 1. The van der Waals surface area contributed by atoms with Gasteiger partial charge >= 0.3 is 6.09 Å². The molecule has 5 rings (SSSR count). The second-order valence-corrected chi connectivity index (χ2v) is 11.5. The molecule has 2 N–H and O–H groups in total. The van der Waals surface area contributed by atoms with Gasteiger partial charge < -0.3 is 20.3 Å². The maximum absolute atomic E-state index is 12.7. The van der Waals surface area contributed by atoms with Gasteiger partial charge in [-0.15, -0.1) is 0 Å². The predicted octanol–water partition coefficient (Wildman–Crippen LogP) is 6.25. The fourth-order valence-electron chi connectivity index (χ4n) is 4.91. The summed E-state index contributed by atoms with van der Waals surface area (Å²) in [6, 6.07) is 20.0. The third kappa shape index (κ3) is 6.91. The Morgan fingerprint density at radius 2 is 1.93 bits per heavy atom. The van der Waals surface area contributed by atoms with Crippen molar-refractivity contribution in [3.63, 3.8) is 0 Å². The van der Waals surface area contributed by atoms with Crippen LogP contribution in [0.4, 0.5) is 10.6 Å². The normalized spacial score (nSPS) is 14.3. The summed E-state index contributed by atoms with van der Waals surface area (Å²) in [5.74, 6) is 1.17. The summed E-state index contributed by atoms with van der Waals surface area (Å²) in [7, 11) is 2.05. The topological polar surface area (TPSA) is 101 Å². The lowest BCUT2D eigenvalue weighted by Gasteiger charge is -2.31.